The van der Waals surface area contributed by atoms with Crippen molar-refractivity contribution in [2.24, 2.45) is 22.2 Å². The number of allylic oxidation sites excluding steroid dienone is 1. The monoisotopic (exact) mass is 1030 g/mol. The number of aliphatic carboxylic acids is 1. The first-order valence-electron chi connectivity index (χ1n) is 24.4. The molecule has 404 valence electrons. The first kappa shape index (κ1) is 76.6. The second kappa shape index (κ2) is 33.7. The van der Waals surface area contributed by atoms with Crippen LogP contribution in [0.15, 0.2) is 11.5 Å². The molecule has 1 aliphatic heterocycles. The first-order chi connectivity index (χ1) is 29.3. The number of carbonyl (C=O) groups excluding carboxylic acids is 3. The molecule has 0 saturated carbocycles. The Balaban J connectivity index is -0.000000166. The standard InChI is InChI=1S/C12H26O2Si.C11H24O2Si.C7H14O2.C6H15ClSi.C6H12O2.C5H10O2.C5H10O/c1-9-13-11(10(2)3)14-15(7,8)12(4,5)6;1-10(2,3)9(12)13-14(7,8)11(4,5)6;1-5-9-6(8)7(2,3)4;1-6(2,3)8(4,5)7;1-4-8-6(7)5(2)3;1-5(2,3)4(6)7;1-2-4-6-5-3-1/h9H2,1-8H3;1-8H3;5H2,1-4H3;1-5H3;5H,4H2,1-3H3;1-3H3,(H,6,7);1-5H2. The lowest BCUT2D eigenvalue weighted by molar-refractivity contribution is -0.152. The number of carboxylic acids is 1. The SMILES string of the molecule is C1CCOCC1.CC(C)(C)C(=O)O.CC(C)(C)C(=O)O[Si](C)(C)C(C)(C)C.CC(C)(C)[Si](C)(C)Cl.CCOC(=O)C(C)(C)C.CCOC(=O)C(C)C.CCOC(O[Si](C)(C)C(C)(C)C)=C(C)C. The van der Waals surface area contributed by atoms with Gasteiger partial charge in [0.05, 0.1) is 42.0 Å². The summed E-state index contributed by atoms with van der Waals surface area (Å²) in [5.74, 6) is -0.354. The van der Waals surface area contributed by atoms with E-state index < -0.39 is 40.8 Å². The maximum absolute atomic E-state index is 11.7. The number of halogens is 1. The lowest BCUT2D eigenvalue weighted by Gasteiger charge is -2.37. The molecule has 1 N–H and O–H groups in total. The highest BCUT2D eigenvalue weighted by Gasteiger charge is 2.42. The van der Waals surface area contributed by atoms with Gasteiger partial charge in [-0.15, -0.1) is 0 Å². The van der Waals surface area contributed by atoms with Crippen LogP contribution in [-0.2, 0) is 47.0 Å². The van der Waals surface area contributed by atoms with Gasteiger partial charge >= 0.3 is 17.9 Å². The highest BCUT2D eigenvalue weighted by molar-refractivity contribution is 7.20. The van der Waals surface area contributed by atoms with Gasteiger partial charge in [-0.1, -0.05) is 89.3 Å². The van der Waals surface area contributed by atoms with E-state index in [2.05, 4.69) is 106 Å². The summed E-state index contributed by atoms with van der Waals surface area (Å²) in [6.45, 7) is 65.8. The molecule has 1 aliphatic rings. The Morgan fingerprint density at radius 2 is 0.851 bits per heavy atom. The van der Waals surface area contributed by atoms with E-state index in [0.29, 0.717) is 24.9 Å². The van der Waals surface area contributed by atoms with Crippen LogP contribution in [-0.4, -0.2) is 86.0 Å². The van der Waals surface area contributed by atoms with Crippen LogP contribution in [0.3, 0.4) is 0 Å². The van der Waals surface area contributed by atoms with E-state index in [-0.39, 0.29) is 39.3 Å². The van der Waals surface area contributed by atoms with Crippen LogP contribution in [0.25, 0.3) is 0 Å². The maximum atomic E-state index is 11.7. The molecule has 0 unspecified atom stereocenters. The lowest BCUT2D eigenvalue weighted by Crippen LogP contribution is -2.45. The summed E-state index contributed by atoms with van der Waals surface area (Å²) in [7, 11) is -5.06. The van der Waals surface area contributed by atoms with Gasteiger partial charge in [0.1, 0.15) is 0 Å². The van der Waals surface area contributed by atoms with E-state index in [1.807, 2.05) is 83.1 Å². The van der Waals surface area contributed by atoms with Crippen molar-refractivity contribution in [3.63, 3.8) is 0 Å². The number of carbonyl (C=O) groups is 4. The molecule has 0 aliphatic carbocycles. The van der Waals surface area contributed by atoms with Crippen molar-refractivity contribution in [2.45, 2.75) is 247 Å². The number of esters is 2. The maximum Gasteiger partial charge on any atom is 0.311 e. The summed E-state index contributed by atoms with van der Waals surface area (Å²) in [5, 5.41) is 8.90. The van der Waals surface area contributed by atoms with Crippen LogP contribution >= 0.6 is 11.1 Å². The van der Waals surface area contributed by atoms with Crippen molar-refractivity contribution in [1.29, 1.82) is 0 Å². The van der Waals surface area contributed by atoms with Crippen molar-refractivity contribution in [1.82, 2.24) is 0 Å². The molecule has 0 amide bonds. The van der Waals surface area contributed by atoms with Gasteiger partial charge in [-0.2, -0.15) is 11.1 Å². The molecule has 0 radical (unpaired) electrons. The molecule has 0 bridgehead atoms. The van der Waals surface area contributed by atoms with Crippen LogP contribution < -0.4 is 0 Å². The molecule has 11 nitrogen and oxygen atoms in total. The molecular formula is C52H111ClO11Si3. The third-order valence-electron chi connectivity index (χ3n) is 10.8. The van der Waals surface area contributed by atoms with Gasteiger partial charge < -0.3 is 32.9 Å². The summed E-state index contributed by atoms with van der Waals surface area (Å²) in [6, 6.07) is 0. The number of hydrogen-bond acceptors (Lipinski definition) is 10. The van der Waals surface area contributed by atoms with Gasteiger partial charge in [0.15, 0.2) is 7.38 Å². The molecule has 0 aromatic heterocycles. The van der Waals surface area contributed by atoms with Gasteiger partial charge in [0.2, 0.25) is 0 Å². The van der Waals surface area contributed by atoms with Gasteiger partial charge in [-0.3, -0.25) is 19.2 Å². The minimum Gasteiger partial charge on any atom is -0.519 e. The fourth-order valence-corrected chi connectivity index (χ4v) is 4.78. The Morgan fingerprint density at radius 1 is 0.537 bits per heavy atom. The largest absolute Gasteiger partial charge is 0.519 e. The van der Waals surface area contributed by atoms with Crippen molar-refractivity contribution >= 4 is 59.0 Å². The molecule has 0 aromatic carbocycles. The van der Waals surface area contributed by atoms with E-state index in [0.717, 1.165) is 24.7 Å². The van der Waals surface area contributed by atoms with Gasteiger partial charge in [-0.05, 0) is 157 Å². The highest BCUT2D eigenvalue weighted by atomic mass is 35.6. The van der Waals surface area contributed by atoms with Crippen molar-refractivity contribution in [3.05, 3.63) is 11.5 Å². The third-order valence-corrected chi connectivity index (χ3v) is 24.6. The molecular weight excluding hydrogens is 920 g/mol. The van der Waals surface area contributed by atoms with Crippen LogP contribution in [0.2, 0.25) is 54.4 Å². The van der Waals surface area contributed by atoms with Crippen molar-refractivity contribution in [2.75, 3.05) is 33.0 Å². The summed E-state index contributed by atoms with van der Waals surface area (Å²) in [5.41, 5.74) is -0.215. The summed E-state index contributed by atoms with van der Waals surface area (Å²) in [6.07, 6.45) is 3.93. The fourth-order valence-electron chi connectivity index (χ4n) is 2.67. The molecule has 15 heteroatoms. The molecule has 0 atom stereocenters. The Morgan fingerprint density at radius 3 is 1.00 bits per heavy atom. The van der Waals surface area contributed by atoms with Crippen molar-refractivity contribution in [3.8, 4) is 0 Å². The van der Waals surface area contributed by atoms with Gasteiger partial charge in [0.25, 0.3) is 28.5 Å². The average molecular weight is 1030 g/mol. The predicted octanol–water partition coefficient (Wildman–Crippen LogP) is 16.2. The van der Waals surface area contributed by atoms with E-state index >= 15 is 0 Å². The van der Waals surface area contributed by atoms with Crippen LogP contribution in [0.4, 0.5) is 0 Å². The van der Waals surface area contributed by atoms with Gasteiger partial charge in [-0.25, -0.2) is 0 Å². The topological polar surface area (TPSA) is 144 Å². The first-order valence-corrected chi connectivity index (χ1v) is 34.2. The van der Waals surface area contributed by atoms with E-state index in [1.54, 1.807) is 27.7 Å². The summed E-state index contributed by atoms with van der Waals surface area (Å²) < 4.78 is 31.8. The minimum atomic E-state index is -1.93. The highest BCUT2D eigenvalue weighted by Crippen LogP contribution is 2.40. The smallest absolute Gasteiger partial charge is 0.311 e. The van der Waals surface area contributed by atoms with E-state index in [4.69, 9.17) is 39.2 Å². The normalized spacial score (nSPS) is 13.3. The number of hydrogen-bond donors (Lipinski definition) is 1. The zero-order valence-corrected chi connectivity index (χ0v) is 53.4. The molecule has 67 heavy (non-hydrogen) atoms. The third kappa shape index (κ3) is 42.7. The number of ether oxygens (including phenoxy) is 4. The molecule has 0 aromatic rings. The van der Waals surface area contributed by atoms with E-state index in [1.165, 1.54) is 19.3 Å². The summed E-state index contributed by atoms with van der Waals surface area (Å²) in [4.78, 5) is 43.1. The molecule has 1 fully saturated rings. The Labute approximate surface area is 422 Å². The quantitative estimate of drug-likeness (QED) is 0.107. The predicted molar refractivity (Wildman–Crippen MR) is 293 cm³/mol. The van der Waals surface area contributed by atoms with E-state index in [9.17, 15) is 19.2 Å². The fraction of sp³-hybridized carbons (Fsp3) is 0.885. The minimum absolute atomic E-state index is 0.00921. The van der Waals surface area contributed by atoms with Crippen LogP contribution in [0.1, 0.15) is 192 Å². The molecule has 0 spiro atoms. The Kier molecular flexibility index (Phi) is 38.5. The van der Waals surface area contributed by atoms with Crippen LogP contribution in [0, 0.1) is 22.2 Å². The lowest BCUT2D eigenvalue weighted by atomic mass is 9.97. The summed E-state index contributed by atoms with van der Waals surface area (Å²) >= 11 is 6.15. The number of rotatable bonds is 8. The average Bonchev–Trinajstić information content (AvgIpc) is 3.11. The molecule has 1 saturated heterocycles. The van der Waals surface area contributed by atoms with Crippen LogP contribution in [0.5, 0.6) is 0 Å². The van der Waals surface area contributed by atoms with Crippen molar-refractivity contribution < 1.29 is 52.1 Å². The zero-order valence-electron chi connectivity index (χ0n) is 49.6. The second-order valence-corrected chi connectivity index (χ2v) is 41.5. The second-order valence-electron chi connectivity index (χ2n) is 24.8. The Hall–Kier alpha value is -1.88. The molecule has 1 rings (SSSR count). The molecule has 1 heterocycles. The van der Waals surface area contributed by atoms with Gasteiger partial charge in [0, 0.05) is 18.8 Å². The number of carboxylic acid groups (broad SMARTS) is 1. The zero-order chi connectivity index (χ0) is 55.4. The Bertz CT molecular complexity index is 1360.